The van der Waals surface area contributed by atoms with Gasteiger partial charge in [0.25, 0.3) is 11.6 Å². The Labute approximate surface area is 125 Å². The molecule has 108 valence electrons. The number of amides is 1. The van der Waals surface area contributed by atoms with Crippen molar-refractivity contribution in [2.24, 2.45) is 0 Å². The molecule has 1 aliphatic rings. The van der Waals surface area contributed by atoms with Gasteiger partial charge in [-0.2, -0.15) is 0 Å². The van der Waals surface area contributed by atoms with Gasteiger partial charge in [0.15, 0.2) is 0 Å². The predicted octanol–water partition coefficient (Wildman–Crippen LogP) is 2.81. The van der Waals surface area contributed by atoms with E-state index in [1.54, 1.807) is 0 Å². The SMILES string of the molecule is CC1OCCC1NC(=O)c1cc(Cl)c(Cl)c([N+](=O)[O-])c1. The van der Waals surface area contributed by atoms with Gasteiger partial charge in [-0.3, -0.25) is 14.9 Å². The number of rotatable bonds is 3. The molecule has 6 nitrogen and oxygen atoms in total. The quantitative estimate of drug-likeness (QED) is 0.686. The van der Waals surface area contributed by atoms with E-state index >= 15 is 0 Å². The highest BCUT2D eigenvalue weighted by Crippen LogP contribution is 2.33. The second-order valence-corrected chi connectivity index (χ2v) is 5.28. The molecule has 0 bridgehead atoms. The first kappa shape index (κ1) is 15.0. The van der Waals surface area contributed by atoms with Crippen LogP contribution in [-0.2, 0) is 4.74 Å². The Morgan fingerprint density at radius 3 is 2.75 bits per heavy atom. The summed E-state index contributed by atoms with van der Waals surface area (Å²) < 4.78 is 5.34. The maximum Gasteiger partial charge on any atom is 0.290 e. The number of nitro benzene ring substituents is 1. The fourth-order valence-electron chi connectivity index (χ4n) is 2.01. The number of halogens is 2. The zero-order valence-electron chi connectivity index (χ0n) is 10.6. The first-order chi connectivity index (χ1) is 9.40. The predicted molar refractivity (Wildman–Crippen MR) is 74.4 cm³/mol. The van der Waals surface area contributed by atoms with Crippen LogP contribution in [0, 0.1) is 10.1 Å². The van der Waals surface area contributed by atoms with E-state index in [2.05, 4.69) is 5.32 Å². The van der Waals surface area contributed by atoms with E-state index in [1.807, 2.05) is 6.92 Å². The van der Waals surface area contributed by atoms with E-state index in [9.17, 15) is 14.9 Å². The fourth-order valence-corrected chi connectivity index (χ4v) is 2.40. The number of nitro groups is 1. The Morgan fingerprint density at radius 2 is 2.20 bits per heavy atom. The number of nitrogens with one attached hydrogen (secondary N) is 1. The van der Waals surface area contributed by atoms with Crippen LogP contribution in [0.3, 0.4) is 0 Å². The third-order valence-electron chi connectivity index (χ3n) is 3.16. The molecule has 20 heavy (non-hydrogen) atoms. The van der Waals surface area contributed by atoms with Crippen LogP contribution in [0.1, 0.15) is 23.7 Å². The maximum absolute atomic E-state index is 12.1. The highest BCUT2D eigenvalue weighted by Gasteiger charge is 2.27. The lowest BCUT2D eigenvalue weighted by molar-refractivity contribution is -0.384. The van der Waals surface area contributed by atoms with Gasteiger partial charge in [-0.25, -0.2) is 0 Å². The van der Waals surface area contributed by atoms with Gasteiger partial charge < -0.3 is 10.1 Å². The number of benzene rings is 1. The minimum Gasteiger partial charge on any atom is -0.376 e. The lowest BCUT2D eigenvalue weighted by atomic mass is 10.1. The molecule has 0 saturated carbocycles. The zero-order valence-corrected chi connectivity index (χ0v) is 12.1. The molecule has 1 aliphatic heterocycles. The molecule has 1 saturated heterocycles. The van der Waals surface area contributed by atoms with Crippen LogP contribution in [0.25, 0.3) is 0 Å². The molecule has 1 heterocycles. The van der Waals surface area contributed by atoms with Crippen LogP contribution in [-0.4, -0.2) is 29.6 Å². The molecule has 1 aromatic rings. The molecule has 2 atom stereocenters. The van der Waals surface area contributed by atoms with Crippen LogP contribution in [0.4, 0.5) is 5.69 Å². The Hall–Kier alpha value is -1.37. The highest BCUT2D eigenvalue weighted by molar-refractivity contribution is 6.43. The van der Waals surface area contributed by atoms with Crippen LogP contribution in [0.5, 0.6) is 0 Å². The highest BCUT2D eigenvalue weighted by atomic mass is 35.5. The van der Waals surface area contributed by atoms with E-state index in [1.165, 1.54) is 6.07 Å². The second-order valence-electron chi connectivity index (χ2n) is 4.49. The molecule has 2 unspecified atom stereocenters. The van der Waals surface area contributed by atoms with Gasteiger partial charge in [-0.15, -0.1) is 0 Å². The van der Waals surface area contributed by atoms with Crippen molar-refractivity contribution >= 4 is 34.8 Å². The van der Waals surface area contributed by atoms with E-state index in [0.29, 0.717) is 13.0 Å². The molecular formula is C12H12Cl2N2O4. The maximum atomic E-state index is 12.1. The van der Waals surface area contributed by atoms with Gasteiger partial charge in [0, 0.05) is 18.2 Å². The molecule has 8 heteroatoms. The second kappa shape index (κ2) is 5.95. The van der Waals surface area contributed by atoms with Crippen LogP contribution in [0.2, 0.25) is 10.0 Å². The van der Waals surface area contributed by atoms with Crippen molar-refractivity contribution in [2.45, 2.75) is 25.5 Å². The molecule has 0 aliphatic carbocycles. The number of nitrogens with zero attached hydrogens (tertiary/aromatic N) is 1. The molecule has 2 rings (SSSR count). The number of carbonyl (C=O) groups excluding carboxylic acids is 1. The lowest BCUT2D eigenvalue weighted by Gasteiger charge is -2.16. The molecule has 0 radical (unpaired) electrons. The topological polar surface area (TPSA) is 81.5 Å². The Kier molecular flexibility index (Phi) is 4.47. The molecule has 0 spiro atoms. The summed E-state index contributed by atoms with van der Waals surface area (Å²) >= 11 is 11.5. The van der Waals surface area contributed by atoms with Crippen LogP contribution >= 0.6 is 23.2 Å². The van der Waals surface area contributed by atoms with Crippen molar-refractivity contribution in [3.8, 4) is 0 Å². The minimum atomic E-state index is -0.674. The van der Waals surface area contributed by atoms with Gasteiger partial charge in [-0.1, -0.05) is 23.2 Å². The summed E-state index contributed by atoms with van der Waals surface area (Å²) in [6, 6.07) is 2.31. The summed E-state index contributed by atoms with van der Waals surface area (Å²) in [5.41, 5.74) is -0.287. The molecule has 1 amide bonds. The third-order valence-corrected chi connectivity index (χ3v) is 3.95. The molecule has 1 aromatic carbocycles. The Morgan fingerprint density at radius 1 is 1.50 bits per heavy atom. The van der Waals surface area contributed by atoms with E-state index < -0.39 is 10.8 Å². The number of carbonyl (C=O) groups is 1. The van der Waals surface area contributed by atoms with E-state index in [0.717, 1.165) is 6.07 Å². The monoisotopic (exact) mass is 318 g/mol. The molecule has 0 aromatic heterocycles. The van der Waals surface area contributed by atoms with Gasteiger partial charge in [0.1, 0.15) is 5.02 Å². The van der Waals surface area contributed by atoms with Crippen LogP contribution < -0.4 is 5.32 Å². The summed E-state index contributed by atoms with van der Waals surface area (Å²) in [5, 5.41) is 13.4. The van der Waals surface area contributed by atoms with Gasteiger partial charge in [0.2, 0.25) is 0 Å². The lowest BCUT2D eigenvalue weighted by Crippen LogP contribution is -2.39. The smallest absolute Gasteiger partial charge is 0.290 e. The Balaban J connectivity index is 2.24. The summed E-state index contributed by atoms with van der Waals surface area (Å²) in [4.78, 5) is 22.3. The summed E-state index contributed by atoms with van der Waals surface area (Å²) in [6.45, 7) is 2.43. The van der Waals surface area contributed by atoms with Crippen LogP contribution in [0.15, 0.2) is 12.1 Å². The molecule has 1 N–H and O–H groups in total. The van der Waals surface area contributed by atoms with Crippen molar-refractivity contribution in [1.82, 2.24) is 5.32 Å². The largest absolute Gasteiger partial charge is 0.376 e. The van der Waals surface area contributed by atoms with Crippen molar-refractivity contribution in [2.75, 3.05) is 6.61 Å². The molecular weight excluding hydrogens is 307 g/mol. The van der Waals surface area contributed by atoms with Crippen molar-refractivity contribution < 1.29 is 14.5 Å². The Bertz CT molecular complexity index is 565. The summed E-state index contributed by atoms with van der Waals surface area (Å²) in [7, 11) is 0. The van der Waals surface area contributed by atoms with Crippen molar-refractivity contribution in [1.29, 1.82) is 0 Å². The zero-order chi connectivity index (χ0) is 14.9. The standard InChI is InChI=1S/C12H12Cl2N2O4/c1-6-9(2-3-20-6)15-12(17)7-4-8(13)11(14)10(5-7)16(18)19/h4-6,9H,2-3H2,1H3,(H,15,17). The van der Waals surface area contributed by atoms with Gasteiger partial charge in [0.05, 0.1) is 22.1 Å². The van der Waals surface area contributed by atoms with Crippen molar-refractivity contribution in [3.63, 3.8) is 0 Å². The first-order valence-corrected chi connectivity index (χ1v) is 6.71. The average molecular weight is 319 g/mol. The third kappa shape index (κ3) is 3.03. The van der Waals surface area contributed by atoms with Crippen molar-refractivity contribution in [3.05, 3.63) is 37.9 Å². The number of hydrogen-bond acceptors (Lipinski definition) is 4. The van der Waals surface area contributed by atoms with E-state index in [4.69, 9.17) is 27.9 Å². The number of hydrogen-bond donors (Lipinski definition) is 1. The fraction of sp³-hybridized carbons (Fsp3) is 0.417. The normalized spacial score (nSPS) is 21.8. The average Bonchev–Trinajstić information content (AvgIpc) is 2.77. The summed E-state index contributed by atoms with van der Waals surface area (Å²) in [6.07, 6.45) is 0.618. The van der Waals surface area contributed by atoms with Gasteiger partial charge in [-0.05, 0) is 19.4 Å². The minimum absolute atomic E-state index is 0.0262. The summed E-state index contributed by atoms with van der Waals surface area (Å²) in [5.74, 6) is -0.436. The number of ether oxygens (including phenoxy) is 1. The van der Waals surface area contributed by atoms with E-state index in [-0.39, 0.29) is 33.4 Å². The van der Waals surface area contributed by atoms with Gasteiger partial charge >= 0.3 is 0 Å². The first-order valence-electron chi connectivity index (χ1n) is 5.96. The molecule has 1 fully saturated rings.